The molecule has 1 unspecified atom stereocenters. The summed E-state index contributed by atoms with van der Waals surface area (Å²) in [7, 11) is -1.72. The second kappa shape index (κ2) is 8.66. The van der Waals surface area contributed by atoms with E-state index in [1.807, 2.05) is 13.8 Å². The molecular weight excluding hydrogens is 332 g/mol. The van der Waals surface area contributed by atoms with Crippen LogP contribution in [0.25, 0.3) is 0 Å². The normalized spacial score (nSPS) is 26.4. The van der Waals surface area contributed by atoms with Crippen LogP contribution in [0.4, 0.5) is 0 Å². The van der Waals surface area contributed by atoms with Gasteiger partial charge in [-0.3, -0.25) is 0 Å². The third-order valence-electron chi connectivity index (χ3n) is 5.41. The molecule has 148 valence electrons. The number of hydrogen-bond acceptors (Lipinski definition) is 4. The Morgan fingerprint density at radius 3 is 2.40 bits per heavy atom. The van der Waals surface area contributed by atoms with Gasteiger partial charge in [0.1, 0.15) is 6.10 Å². The summed E-state index contributed by atoms with van der Waals surface area (Å²) in [5.41, 5.74) is 0. The molecule has 0 amide bonds. The van der Waals surface area contributed by atoms with Crippen molar-refractivity contribution in [3.05, 3.63) is 12.7 Å². The number of aliphatic hydroxyl groups excluding tert-OH is 1. The quantitative estimate of drug-likeness (QED) is 0.456. The number of aliphatic hydroxyl groups is 1. The first-order valence-corrected chi connectivity index (χ1v) is 12.5. The Morgan fingerprint density at radius 2 is 1.88 bits per heavy atom. The maximum Gasteiger partial charge on any atom is 0.192 e. The second-order valence-electron chi connectivity index (χ2n) is 9.35. The molecule has 0 aromatic heterocycles. The molecule has 0 saturated carbocycles. The van der Waals surface area contributed by atoms with Gasteiger partial charge in [-0.25, -0.2) is 0 Å². The molecule has 25 heavy (non-hydrogen) atoms. The molecule has 1 aliphatic rings. The van der Waals surface area contributed by atoms with E-state index in [0.29, 0.717) is 6.42 Å². The van der Waals surface area contributed by atoms with E-state index >= 15 is 0 Å². The minimum absolute atomic E-state index is 0.0787. The predicted molar refractivity (Wildman–Crippen MR) is 106 cm³/mol. The van der Waals surface area contributed by atoms with Crippen LogP contribution in [0, 0.1) is 0 Å². The zero-order valence-electron chi connectivity index (χ0n) is 17.6. The Kier molecular flexibility index (Phi) is 7.91. The van der Waals surface area contributed by atoms with E-state index in [9.17, 15) is 5.11 Å². The lowest BCUT2D eigenvalue weighted by Crippen LogP contribution is -2.43. The van der Waals surface area contributed by atoms with Crippen molar-refractivity contribution >= 4 is 8.32 Å². The van der Waals surface area contributed by atoms with E-state index in [1.54, 1.807) is 6.08 Å². The third-order valence-corrected chi connectivity index (χ3v) is 10.0. The Morgan fingerprint density at radius 1 is 1.28 bits per heavy atom. The minimum atomic E-state index is -1.72. The van der Waals surface area contributed by atoms with Gasteiger partial charge in [0.15, 0.2) is 14.1 Å². The molecule has 1 saturated heterocycles. The van der Waals surface area contributed by atoms with Crippen LogP contribution in [0.5, 0.6) is 0 Å². The summed E-state index contributed by atoms with van der Waals surface area (Å²) in [5, 5.41) is 10.5. The van der Waals surface area contributed by atoms with Gasteiger partial charge in [0.05, 0.1) is 12.2 Å². The molecule has 5 heteroatoms. The summed E-state index contributed by atoms with van der Waals surface area (Å²) in [6.07, 6.45) is 4.42. The molecule has 0 spiro atoms. The molecule has 0 aromatic rings. The summed E-state index contributed by atoms with van der Waals surface area (Å²) in [6.45, 7) is 21.1. The van der Waals surface area contributed by atoms with E-state index in [4.69, 9.17) is 13.9 Å². The van der Waals surface area contributed by atoms with Crippen molar-refractivity contribution in [3.8, 4) is 0 Å². The summed E-state index contributed by atoms with van der Waals surface area (Å²) in [4.78, 5) is 0. The molecule has 4 nitrogen and oxygen atoms in total. The monoisotopic (exact) mass is 372 g/mol. The highest BCUT2D eigenvalue weighted by Gasteiger charge is 2.44. The van der Waals surface area contributed by atoms with Crippen LogP contribution in [0.2, 0.25) is 18.1 Å². The zero-order valence-corrected chi connectivity index (χ0v) is 18.6. The van der Waals surface area contributed by atoms with Gasteiger partial charge in [0.25, 0.3) is 0 Å². The summed E-state index contributed by atoms with van der Waals surface area (Å²) in [5.74, 6) is -0.638. The van der Waals surface area contributed by atoms with Gasteiger partial charge in [-0.2, -0.15) is 0 Å². The van der Waals surface area contributed by atoms with Crippen LogP contribution in [-0.2, 0) is 13.9 Å². The molecule has 0 radical (unpaired) electrons. The molecule has 1 aliphatic heterocycles. The SMILES string of the molecule is C=CCC(O)[C@@H]1OC(C)(C)O[C@H]1CCC[C@H](C)O[Si](C)(C)C(C)(C)C. The highest BCUT2D eigenvalue weighted by atomic mass is 28.4. The fraction of sp³-hybridized carbons (Fsp3) is 0.900. The third kappa shape index (κ3) is 6.79. The van der Waals surface area contributed by atoms with Crippen LogP contribution in [0.3, 0.4) is 0 Å². The van der Waals surface area contributed by atoms with Gasteiger partial charge in [0.2, 0.25) is 0 Å². The van der Waals surface area contributed by atoms with E-state index in [0.717, 1.165) is 19.3 Å². The topological polar surface area (TPSA) is 47.9 Å². The van der Waals surface area contributed by atoms with E-state index in [2.05, 4.69) is 47.4 Å². The van der Waals surface area contributed by atoms with Crippen LogP contribution in [0.1, 0.15) is 67.2 Å². The van der Waals surface area contributed by atoms with E-state index in [-0.39, 0.29) is 23.4 Å². The number of rotatable bonds is 9. The Labute approximate surface area is 156 Å². The largest absolute Gasteiger partial charge is 0.414 e. The smallest absolute Gasteiger partial charge is 0.192 e. The van der Waals surface area contributed by atoms with Crippen LogP contribution >= 0.6 is 0 Å². The standard InChI is InChI=1S/C20H40O4Si/c1-10-12-16(21)18-17(22-20(6,7)23-18)14-11-13-15(2)24-25(8,9)19(3,4)5/h10,15-18,21H,1,11-14H2,2-9H3/t15-,16?,17-,18-/m0/s1. The highest BCUT2D eigenvalue weighted by molar-refractivity contribution is 6.74. The molecule has 0 bridgehead atoms. The van der Waals surface area contributed by atoms with Gasteiger partial charge < -0.3 is 19.0 Å². The van der Waals surface area contributed by atoms with Crippen molar-refractivity contribution < 1.29 is 19.0 Å². The lowest BCUT2D eigenvalue weighted by molar-refractivity contribution is -0.155. The highest BCUT2D eigenvalue weighted by Crippen LogP contribution is 2.38. The fourth-order valence-electron chi connectivity index (χ4n) is 3.06. The van der Waals surface area contributed by atoms with Gasteiger partial charge in [-0.1, -0.05) is 26.8 Å². The van der Waals surface area contributed by atoms with Gasteiger partial charge in [-0.15, -0.1) is 6.58 Å². The van der Waals surface area contributed by atoms with Crippen LogP contribution in [0.15, 0.2) is 12.7 Å². The van der Waals surface area contributed by atoms with Gasteiger partial charge >= 0.3 is 0 Å². The van der Waals surface area contributed by atoms with Gasteiger partial charge in [-0.05, 0) is 64.6 Å². The van der Waals surface area contributed by atoms with Crippen molar-refractivity contribution in [2.45, 2.75) is 116 Å². The van der Waals surface area contributed by atoms with E-state index < -0.39 is 20.2 Å². The molecule has 0 aromatic carbocycles. The first kappa shape index (κ1) is 22.8. The Bertz CT molecular complexity index is 428. The average molecular weight is 373 g/mol. The van der Waals surface area contributed by atoms with Crippen molar-refractivity contribution in [1.29, 1.82) is 0 Å². The molecular formula is C20H40O4Si. The maximum atomic E-state index is 10.3. The predicted octanol–water partition coefficient (Wildman–Crippen LogP) is 5.02. The van der Waals surface area contributed by atoms with Crippen LogP contribution < -0.4 is 0 Å². The van der Waals surface area contributed by atoms with Crippen LogP contribution in [-0.4, -0.2) is 43.6 Å². The lowest BCUT2D eigenvalue weighted by atomic mass is 10.00. The number of hydrogen-bond donors (Lipinski definition) is 1. The molecule has 1 N–H and O–H groups in total. The molecule has 0 aliphatic carbocycles. The van der Waals surface area contributed by atoms with Gasteiger partial charge in [0, 0.05) is 6.10 Å². The fourth-order valence-corrected chi connectivity index (χ4v) is 4.54. The molecule has 1 heterocycles. The van der Waals surface area contributed by atoms with Crippen molar-refractivity contribution in [1.82, 2.24) is 0 Å². The van der Waals surface area contributed by atoms with Crippen molar-refractivity contribution in [2.75, 3.05) is 0 Å². The molecule has 4 atom stereocenters. The lowest BCUT2D eigenvalue weighted by Gasteiger charge is -2.38. The van der Waals surface area contributed by atoms with Crippen molar-refractivity contribution in [2.24, 2.45) is 0 Å². The first-order chi connectivity index (χ1) is 11.3. The minimum Gasteiger partial charge on any atom is -0.414 e. The zero-order chi connectivity index (χ0) is 19.5. The number of ether oxygens (including phenoxy) is 2. The second-order valence-corrected chi connectivity index (χ2v) is 14.1. The molecule has 1 rings (SSSR count). The summed E-state index contributed by atoms with van der Waals surface area (Å²) >= 11 is 0. The Hall–Kier alpha value is -0.203. The summed E-state index contributed by atoms with van der Waals surface area (Å²) in [6, 6.07) is 0. The molecule has 1 fully saturated rings. The summed E-state index contributed by atoms with van der Waals surface area (Å²) < 4.78 is 18.4. The maximum absolute atomic E-state index is 10.3. The van der Waals surface area contributed by atoms with E-state index in [1.165, 1.54) is 0 Å². The average Bonchev–Trinajstić information content (AvgIpc) is 2.72. The first-order valence-electron chi connectivity index (χ1n) is 9.61. The van der Waals surface area contributed by atoms with Crippen molar-refractivity contribution in [3.63, 3.8) is 0 Å². The Balaban J connectivity index is 2.51.